The zero-order chi connectivity index (χ0) is 16.4. The summed E-state index contributed by atoms with van der Waals surface area (Å²) >= 11 is 0. The van der Waals surface area contributed by atoms with E-state index >= 15 is 0 Å². The van der Waals surface area contributed by atoms with Crippen molar-refractivity contribution in [3.63, 3.8) is 0 Å². The molecule has 2 aliphatic rings. The van der Waals surface area contributed by atoms with Crippen LogP contribution in [0.25, 0.3) is 0 Å². The van der Waals surface area contributed by atoms with Crippen molar-refractivity contribution in [2.45, 2.75) is 12.8 Å². The fourth-order valence-corrected chi connectivity index (χ4v) is 3.69. The van der Waals surface area contributed by atoms with Gasteiger partial charge in [-0.1, -0.05) is 18.2 Å². The molecule has 0 radical (unpaired) electrons. The number of anilines is 2. The van der Waals surface area contributed by atoms with E-state index in [4.69, 9.17) is 0 Å². The summed E-state index contributed by atoms with van der Waals surface area (Å²) in [6, 6.07) is 9.17. The average Bonchev–Trinajstić information content (AvgIpc) is 3.24. The smallest absolute Gasteiger partial charge is 0.251 e. The molecular weight excluding hydrogens is 300 g/mol. The van der Waals surface area contributed by atoms with Crippen molar-refractivity contribution < 1.29 is 4.79 Å². The van der Waals surface area contributed by atoms with Gasteiger partial charge in [0.1, 0.15) is 0 Å². The van der Waals surface area contributed by atoms with Crippen LogP contribution in [0.2, 0.25) is 0 Å². The lowest BCUT2D eigenvalue weighted by molar-refractivity contribution is 0.0945. The number of allylic oxidation sites excluding steroid dienone is 2. The molecule has 4 rings (SSSR count). The van der Waals surface area contributed by atoms with Crippen molar-refractivity contribution in [3.8, 4) is 0 Å². The van der Waals surface area contributed by atoms with Crippen LogP contribution in [0.5, 0.6) is 0 Å². The molecule has 1 saturated carbocycles. The monoisotopic (exact) mass is 320 g/mol. The standard InChI is InChI=1S/C19H20N4O/c24-18(22-12-16-10-13-5-6-14(16)9-13)15-3-1-4-17(11-15)23-19-20-7-2-8-21-19/h1-8,11,13-14,16H,9-10,12H2,(H,22,24)(H,20,21,23)/t13-,14+,16-/m1/s1. The van der Waals surface area contributed by atoms with E-state index in [0.29, 0.717) is 23.3 Å². The Balaban J connectivity index is 1.37. The van der Waals surface area contributed by atoms with Gasteiger partial charge in [0.05, 0.1) is 0 Å². The Hall–Kier alpha value is -2.69. The van der Waals surface area contributed by atoms with Crippen LogP contribution in [0.15, 0.2) is 54.9 Å². The highest BCUT2D eigenvalue weighted by molar-refractivity contribution is 5.95. The van der Waals surface area contributed by atoms with Gasteiger partial charge < -0.3 is 10.6 Å². The molecule has 2 aliphatic carbocycles. The summed E-state index contributed by atoms with van der Waals surface area (Å²) in [5.41, 5.74) is 1.45. The van der Waals surface area contributed by atoms with Gasteiger partial charge in [0.2, 0.25) is 5.95 Å². The first kappa shape index (κ1) is 14.9. The van der Waals surface area contributed by atoms with Gasteiger partial charge in [0.25, 0.3) is 5.91 Å². The van der Waals surface area contributed by atoms with E-state index in [1.165, 1.54) is 12.8 Å². The number of benzene rings is 1. The zero-order valence-corrected chi connectivity index (χ0v) is 13.4. The van der Waals surface area contributed by atoms with Gasteiger partial charge in [0.15, 0.2) is 0 Å². The third-order valence-corrected chi connectivity index (χ3v) is 4.89. The van der Waals surface area contributed by atoms with Crippen LogP contribution in [-0.2, 0) is 0 Å². The van der Waals surface area contributed by atoms with Crippen molar-refractivity contribution in [2.75, 3.05) is 11.9 Å². The number of fused-ring (bicyclic) bond motifs is 2. The summed E-state index contributed by atoms with van der Waals surface area (Å²) in [7, 11) is 0. The number of amides is 1. The minimum Gasteiger partial charge on any atom is -0.352 e. The summed E-state index contributed by atoms with van der Waals surface area (Å²) < 4.78 is 0. The second-order valence-electron chi connectivity index (χ2n) is 6.53. The zero-order valence-electron chi connectivity index (χ0n) is 13.4. The van der Waals surface area contributed by atoms with E-state index in [2.05, 4.69) is 32.8 Å². The van der Waals surface area contributed by atoms with Gasteiger partial charge in [-0.05, 0) is 54.9 Å². The van der Waals surface area contributed by atoms with E-state index in [1.807, 2.05) is 24.3 Å². The third-order valence-electron chi connectivity index (χ3n) is 4.89. The fraction of sp³-hybridized carbons (Fsp3) is 0.316. The molecule has 24 heavy (non-hydrogen) atoms. The van der Waals surface area contributed by atoms with E-state index in [9.17, 15) is 4.79 Å². The molecule has 1 aromatic heterocycles. The lowest BCUT2D eigenvalue weighted by Crippen LogP contribution is -2.30. The summed E-state index contributed by atoms with van der Waals surface area (Å²) in [5, 5.41) is 6.19. The quantitative estimate of drug-likeness (QED) is 0.831. The summed E-state index contributed by atoms with van der Waals surface area (Å²) in [4.78, 5) is 20.7. The van der Waals surface area contributed by atoms with Crippen LogP contribution in [0, 0.1) is 17.8 Å². The predicted octanol–water partition coefficient (Wildman–Crippen LogP) is 3.16. The molecule has 1 amide bonds. The first-order chi connectivity index (χ1) is 11.8. The van der Waals surface area contributed by atoms with Gasteiger partial charge in [-0.2, -0.15) is 0 Å². The Kier molecular flexibility index (Phi) is 3.99. The first-order valence-electron chi connectivity index (χ1n) is 8.38. The Labute approximate surface area is 141 Å². The third kappa shape index (κ3) is 3.15. The largest absolute Gasteiger partial charge is 0.352 e. The SMILES string of the molecule is O=C(NC[C@H]1C[C@@H]2C=C[C@H]1C2)c1cccc(Nc2ncccn2)c1. The van der Waals surface area contributed by atoms with Gasteiger partial charge in [0, 0.05) is 30.2 Å². The van der Waals surface area contributed by atoms with Gasteiger partial charge in [-0.25, -0.2) is 9.97 Å². The number of carbonyl (C=O) groups excluding carboxylic acids is 1. The molecule has 2 bridgehead atoms. The highest BCUT2D eigenvalue weighted by atomic mass is 16.1. The lowest BCUT2D eigenvalue weighted by Gasteiger charge is -2.18. The van der Waals surface area contributed by atoms with Crippen molar-refractivity contribution in [3.05, 3.63) is 60.4 Å². The molecule has 2 N–H and O–H groups in total. The lowest BCUT2D eigenvalue weighted by atomic mass is 9.93. The molecule has 1 aromatic carbocycles. The maximum atomic E-state index is 12.4. The van der Waals surface area contributed by atoms with Gasteiger partial charge in [-0.3, -0.25) is 4.79 Å². The van der Waals surface area contributed by atoms with E-state index in [1.54, 1.807) is 18.5 Å². The maximum Gasteiger partial charge on any atom is 0.251 e. The number of rotatable bonds is 5. The maximum absolute atomic E-state index is 12.4. The summed E-state index contributed by atoms with van der Waals surface area (Å²) in [6.07, 6.45) is 10.5. The molecular formula is C19H20N4O. The predicted molar refractivity (Wildman–Crippen MR) is 92.9 cm³/mol. The molecule has 1 fully saturated rings. The highest BCUT2D eigenvalue weighted by Crippen LogP contribution is 2.42. The second kappa shape index (κ2) is 6.43. The molecule has 0 saturated heterocycles. The van der Waals surface area contributed by atoms with Gasteiger partial charge in [-0.15, -0.1) is 0 Å². The molecule has 0 unspecified atom stereocenters. The Bertz CT molecular complexity index is 759. The molecule has 3 atom stereocenters. The Morgan fingerprint density at radius 1 is 1.12 bits per heavy atom. The minimum absolute atomic E-state index is 0.0283. The van der Waals surface area contributed by atoms with Crippen molar-refractivity contribution >= 4 is 17.5 Å². The molecule has 1 heterocycles. The van der Waals surface area contributed by atoms with E-state index in [0.717, 1.165) is 18.2 Å². The van der Waals surface area contributed by atoms with E-state index in [-0.39, 0.29) is 5.91 Å². The topological polar surface area (TPSA) is 66.9 Å². The van der Waals surface area contributed by atoms with E-state index < -0.39 is 0 Å². The number of hydrogen-bond donors (Lipinski definition) is 2. The Morgan fingerprint density at radius 2 is 2.00 bits per heavy atom. The summed E-state index contributed by atoms with van der Waals surface area (Å²) in [6.45, 7) is 0.754. The van der Waals surface area contributed by atoms with Crippen LogP contribution >= 0.6 is 0 Å². The molecule has 0 spiro atoms. The first-order valence-corrected chi connectivity index (χ1v) is 8.38. The number of carbonyl (C=O) groups is 1. The van der Waals surface area contributed by atoms with Crippen LogP contribution < -0.4 is 10.6 Å². The second-order valence-corrected chi connectivity index (χ2v) is 6.53. The van der Waals surface area contributed by atoms with Gasteiger partial charge >= 0.3 is 0 Å². The average molecular weight is 320 g/mol. The number of aromatic nitrogens is 2. The fourth-order valence-electron chi connectivity index (χ4n) is 3.69. The van der Waals surface area contributed by atoms with Crippen LogP contribution in [0.3, 0.4) is 0 Å². The molecule has 0 aliphatic heterocycles. The van der Waals surface area contributed by atoms with Crippen LogP contribution in [-0.4, -0.2) is 22.4 Å². The minimum atomic E-state index is -0.0283. The normalized spacial score (nSPS) is 24.1. The van der Waals surface area contributed by atoms with Crippen molar-refractivity contribution in [2.24, 2.45) is 17.8 Å². The highest BCUT2D eigenvalue weighted by Gasteiger charge is 2.35. The number of nitrogens with one attached hydrogen (secondary N) is 2. The molecule has 2 aromatic rings. The molecule has 5 nitrogen and oxygen atoms in total. The Morgan fingerprint density at radius 3 is 2.75 bits per heavy atom. The molecule has 5 heteroatoms. The number of hydrogen-bond acceptors (Lipinski definition) is 4. The summed E-state index contributed by atoms with van der Waals surface area (Å²) in [5.74, 6) is 2.46. The molecule has 122 valence electrons. The number of nitrogens with zero attached hydrogens (tertiary/aromatic N) is 2. The van der Waals surface area contributed by atoms with Crippen molar-refractivity contribution in [1.82, 2.24) is 15.3 Å². The van der Waals surface area contributed by atoms with Crippen LogP contribution in [0.1, 0.15) is 23.2 Å². The van der Waals surface area contributed by atoms with Crippen molar-refractivity contribution in [1.29, 1.82) is 0 Å². The van der Waals surface area contributed by atoms with Crippen LogP contribution in [0.4, 0.5) is 11.6 Å².